The molecular formula is C13H20ClN3. The van der Waals surface area contributed by atoms with Gasteiger partial charge in [0.15, 0.2) is 0 Å². The molecule has 0 aromatic carbocycles. The Morgan fingerprint density at radius 2 is 2.18 bits per heavy atom. The van der Waals surface area contributed by atoms with Crippen molar-refractivity contribution in [2.75, 3.05) is 23.7 Å². The summed E-state index contributed by atoms with van der Waals surface area (Å²) >= 11 is 6.19. The molecule has 0 amide bonds. The van der Waals surface area contributed by atoms with Crippen molar-refractivity contribution in [2.24, 2.45) is 11.3 Å². The molecular weight excluding hydrogens is 234 g/mol. The number of rotatable bonds is 1. The van der Waals surface area contributed by atoms with Crippen LogP contribution in [-0.4, -0.2) is 18.1 Å². The first kappa shape index (κ1) is 12.5. The zero-order valence-corrected chi connectivity index (χ0v) is 11.5. The Morgan fingerprint density at radius 1 is 1.47 bits per heavy atom. The number of nitrogen functional groups attached to an aromatic ring is 1. The summed E-state index contributed by atoms with van der Waals surface area (Å²) in [6.07, 6.45) is 2.87. The summed E-state index contributed by atoms with van der Waals surface area (Å²) in [5, 5.41) is 0.652. The topological polar surface area (TPSA) is 42.2 Å². The minimum atomic E-state index is 0.342. The molecule has 1 atom stereocenters. The van der Waals surface area contributed by atoms with Crippen molar-refractivity contribution in [3.05, 3.63) is 17.3 Å². The van der Waals surface area contributed by atoms with Crippen LogP contribution < -0.4 is 10.6 Å². The van der Waals surface area contributed by atoms with Crippen molar-refractivity contribution >= 4 is 23.1 Å². The van der Waals surface area contributed by atoms with Crippen LogP contribution in [0.3, 0.4) is 0 Å². The monoisotopic (exact) mass is 253 g/mol. The minimum absolute atomic E-state index is 0.342. The summed E-state index contributed by atoms with van der Waals surface area (Å²) in [6, 6.07) is 1.77. The fraction of sp³-hybridized carbons (Fsp3) is 0.615. The number of anilines is 2. The number of hydrogen-bond acceptors (Lipinski definition) is 3. The van der Waals surface area contributed by atoms with Gasteiger partial charge in [0.2, 0.25) is 0 Å². The molecule has 2 heterocycles. The number of nitrogens with two attached hydrogens (primary N) is 1. The summed E-state index contributed by atoms with van der Waals surface area (Å²) in [7, 11) is 0. The third kappa shape index (κ3) is 2.65. The van der Waals surface area contributed by atoms with Gasteiger partial charge < -0.3 is 10.6 Å². The van der Waals surface area contributed by atoms with E-state index >= 15 is 0 Å². The zero-order chi connectivity index (χ0) is 12.6. The van der Waals surface area contributed by atoms with Crippen LogP contribution in [0.2, 0.25) is 5.02 Å². The van der Waals surface area contributed by atoms with Crippen LogP contribution in [0.5, 0.6) is 0 Å². The van der Waals surface area contributed by atoms with Crippen molar-refractivity contribution < 1.29 is 0 Å². The van der Waals surface area contributed by atoms with Gasteiger partial charge in [-0.2, -0.15) is 0 Å². The molecule has 0 saturated carbocycles. The lowest BCUT2D eigenvalue weighted by atomic mass is 9.80. The van der Waals surface area contributed by atoms with E-state index in [0.717, 1.165) is 18.9 Å². The van der Waals surface area contributed by atoms with Gasteiger partial charge in [-0.3, -0.25) is 0 Å². The minimum Gasteiger partial charge on any atom is -0.397 e. The highest BCUT2D eigenvalue weighted by Gasteiger charge is 2.32. The van der Waals surface area contributed by atoms with Gasteiger partial charge in [0, 0.05) is 13.1 Å². The molecule has 1 saturated heterocycles. The Morgan fingerprint density at radius 3 is 2.71 bits per heavy atom. The molecule has 2 rings (SSSR count). The van der Waals surface area contributed by atoms with Crippen LogP contribution in [0.4, 0.5) is 11.5 Å². The van der Waals surface area contributed by atoms with Gasteiger partial charge in [-0.1, -0.05) is 32.4 Å². The lowest BCUT2D eigenvalue weighted by Crippen LogP contribution is -2.26. The number of hydrogen-bond donors (Lipinski definition) is 1. The van der Waals surface area contributed by atoms with Crippen LogP contribution in [-0.2, 0) is 0 Å². The first-order valence-electron chi connectivity index (χ1n) is 6.04. The number of pyridine rings is 1. The third-order valence-corrected chi connectivity index (χ3v) is 3.83. The lowest BCUT2D eigenvalue weighted by molar-refractivity contribution is 0.263. The zero-order valence-electron chi connectivity index (χ0n) is 10.7. The molecule has 2 N–H and O–H groups in total. The van der Waals surface area contributed by atoms with E-state index in [2.05, 4.69) is 30.7 Å². The molecule has 1 fully saturated rings. The lowest BCUT2D eigenvalue weighted by Gasteiger charge is -2.27. The first-order valence-corrected chi connectivity index (χ1v) is 6.41. The maximum absolute atomic E-state index is 6.19. The molecule has 1 aliphatic heterocycles. The quantitative estimate of drug-likeness (QED) is 0.836. The van der Waals surface area contributed by atoms with E-state index in [1.165, 1.54) is 6.42 Å². The smallest absolute Gasteiger partial charge is 0.147 e. The molecule has 0 spiro atoms. The summed E-state index contributed by atoms with van der Waals surface area (Å²) < 4.78 is 0. The molecule has 1 aromatic rings. The maximum Gasteiger partial charge on any atom is 0.147 e. The average molecular weight is 254 g/mol. The van der Waals surface area contributed by atoms with E-state index in [1.807, 2.05) is 0 Å². The molecule has 0 bridgehead atoms. The molecule has 17 heavy (non-hydrogen) atoms. The summed E-state index contributed by atoms with van der Waals surface area (Å²) in [4.78, 5) is 6.61. The molecule has 0 aliphatic carbocycles. The normalized spacial score (nSPS) is 20.9. The SMILES string of the molecule is CC(C)(C)C1CCN(c2ncc(N)cc2Cl)C1. The van der Waals surface area contributed by atoms with Gasteiger partial charge in [0.1, 0.15) is 5.82 Å². The van der Waals surface area contributed by atoms with E-state index in [1.54, 1.807) is 12.3 Å². The van der Waals surface area contributed by atoms with Crippen molar-refractivity contribution in [2.45, 2.75) is 27.2 Å². The van der Waals surface area contributed by atoms with Crippen molar-refractivity contribution in [1.82, 2.24) is 4.98 Å². The second kappa shape index (κ2) is 4.37. The predicted molar refractivity (Wildman–Crippen MR) is 73.4 cm³/mol. The van der Waals surface area contributed by atoms with E-state index in [9.17, 15) is 0 Å². The Hall–Kier alpha value is -0.960. The van der Waals surface area contributed by atoms with E-state index in [-0.39, 0.29) is 0 Å². The highest BCUT2D eigenvalue weighted by molar-refractivity contribution is 6.33. The van der Waals surface area contributed by atoms with Gasteiger partial charge in [-0.25, -0.2) is 4.98 Å². The summed E-state index contributed by atoms with van der Waals surface area (Å²) in [6.45, 7) is 8.93. The predicted octanol–water partition coefficient (Wildman–Crippen LogP) is 3.19. The van der Waals surface area contributed by atoms with Gasteiger partial charge >= 0.3 is 0 Å². The van der Waals surface area contributed by atoms with Gasteiger partial charge in [-0.15, -0.1) is 0 Å². The third-order valence-electron chi connectivity index (χ3n) is 3.56. The molecule has 4 heteroatoms. The fourth-order valence-corrected chi connectivity index (χ4v) is 2.63. The van der Waals surface area contributed by atoms with Crippen LogP contribution in [0.25, 0.3) is 0 Å². The molecule has 1 aromatic heterocycles. The number of aromatic nitrogens is 1. The van der Waals surface area contributed by atoms with Crippen molar-refractivity contribution in [1.29, 1.82) is 0 Å². The van der Waals surface area contributed by atoms with Gasteiger partial charge in [-0.05, 0) is 23.8 Å². The van der Waals surface area contributed by atoms with E-state index < -0.39 is 0 Å². The van der Waals surface area contributed by atoms with E-state index in [0.29, 0.717) is 22.0 Å². The Labute approximate surface area is 108 Å². The maximum atomic E-state index is 6.19. The Bertz CT molecular complexity index is 412. The Balaban J connectivity index is 2.15. The molecule has 1 unspecified atom stereocenters. The second-order valence-electron chi connectivity index (χ2n) is 5.87. The molecule has 94 valence electrons. The standard InChI is InChI=1S/C13H20ClN3/c1-13(2,3)9-4-5-17(8-9)12-11(14)6-10(15)7-16-12/h6-7,9H,4-5,8,15H2,1-3H3. The van der Waals surface area contributed by atoms with Crippen LogP contribution in [0, 0.1) is 11.3 Å². The summed E-state index contributed by atoms with van der Waals surface area (Å²) in [5.74, 6) is 1.56. The Kier molecular flexibility index (Phi) is 3.21. The largest absolute Gasteiger partial charge is 0.397 e. The van der Waals surface area contributed by atoms with Gasteiger partial charge in [0.05, 0.1) is 16.9 Å². The first-order chi connectivity index (χ1) is 7.88. The highest BCUT2D eigenvalue weighted by atomic mass is 35.5. The van der Waals surface area contributed by atoms with Crippen LogP contribution in [0.1, 0.15) is 27.2 Å². The van der Waals surface area contributed by atoms with Crippen molar-refractivity contribution in [3.63, 3.8) is 0 Å². The second-order valence-corrected chi connectivity index (χ2v) is 6.28. The van der Waals surface area contributed by atoms with Crippen LogP contribution in [0.15, 0.2) is 12.3 Å². The highest BCUT2D eigenvalue weighted by Crippen LogP contribution is 2.37. The summed E-state index contributed by atoms with van der Waals surface area (Å²) in [5.41, 5.74) is 6.62. The molecule has 1 aliphatic rings. The van der Waals surface area contributed by atoms with Gasteiger partial charge in [0.25, 0.3) is 0 Å². The van der Waals surface area contributed by atoms with E-state index in [4.69, 9.17) is 17.3 Å². The molecule has 3 nitrogen and oxygen atoms in total. The van der Waals surface area contributed by atoms with Crippen LogP contribution >= 0.6 is 11.6 Å². The van der Waals surface area contributed by atoms with Crippen molar-refractivity contribution in [3.8, 4) is 0 Å². The number of halogens is 1. The number of nitrogens with zero attached hydrogens (tertiary/aromatic N) is 2. The molecule has 0 radical (unpaired) electrons. The average Bonchev–Trinajstić information content (AvgIpc) is 2.65. The fourth-order valence-electron chi connectivity index (χ4n) is 2.34.